The van der Waals surface area contributed by atoms with Crippen LogP contribution >= 0.6 is 0 Å². The van der Waals surface area contributed by atoms with Crippen LogP contribution in [0.4, 0.5) is 8.78 Å². The van der Waals surface area contributed by atoms with E-state index < -0.39 is 11.6 Å². The summed E-state index contributed by atoms with van der Waals surface area (Å²) in [6, 6.07) is 8.31. The molecule has 0 saturated heterocycles. The zero-order valence-corrected chi connectivity index (χ0v) is 17.4. The van der Waals surface area contributed by atoms with Gasteiger partial charge in [0.2, 0.25) is 0 Å². The van der Waals surface area contributed by atoms with Crippen LogP contribution in [-0.4, -0.2) is 18.7 Å². The summed E-state index contributed by atoms with van der Waals surface area (Å²) >= 11 is 0. The molecule has 2 aromatic carbocycles. The van der Waals surface area contributed by atoms with E-state index in [1.165, 1.54) is 19.8 Å². The van der Waals surface area contributed by atoms with Gasteiger partial charge in [-0.25, -0.2) is 13.6 Å². The largest absolute Gasteiger partial charge is 0.451 e. The third-order valence-corrected chi connectivity index (χ3v) is 5.67. The summed E-state index contributed by atoms with van der Waals surface area (Å²) < 4.78 is 38.2. The average molecular weight is 436 g/mol. The Bertz CT molecular complexity index is 1660. The number of pyridine rings is 1. The number of nitrogens with one attached hydrogen (secondary N) is 1. The first kappa shape index (κ1) is 19.8. The van der Waals surface area contributed by atoms with E-state index in [4.69, 9.17) is 4.74 Å². The van der Waals surface area contributed by atoms with Gasteiger partial charge in [0, 0.05) is 56.1 Å². The Balaban J connectivity index is 1.89. The maximum Gasteiger partial charge on any atom is 0.328 e. The minimum Gasteiger partial charge on any atom is -0.451 e. The van der Waals surface area contributed by atoms with E-state index in [0.29, 0.717) is 33.1 Å². The van der Waals surface area contributed by atoms with Gasteiger partial charge in [-0.15, -0.1) is 0 Å². The molecule has 32 heavy (non-hydrogen) atoms. The highest BCUT2D eigenvalue weighted by Gasteiger charge is 2.22. The van der Waals surface area contributed by atoms with Gasteiger partial charge in [-0.3, -0.25) is 13.9 Å². The quantitative estimate of drug-likeness (QED) is 0.468. The minimum absolute atomic E-state index is 0.188. The summed E-state index contributed by atoms with van der Waals surface area (Å²) in [6.45, 7) is 0. The van der Waals surface area contributed by atoms with Gasteiger partial charge in [-0.1, -0.05) is 0 Å². The molecule has 7 nitrogen and oxygen atoms in total. The third kappa shape index (κ3) is 2.78. The molecule has 3 aromatic heterocycles. The predicted molar refractivity (Wildman–Crippen MR) is 117 cm³/mol. The minimum atomic E-state index is -0.874. The van der Waals surface area contributed by atoms with Gasteiger partial charge < -0.3 is 14.3 Å². The zero-order chi connectivity index (χ0) is 22.7. The van der Waals surface area contributed by atoms with E-state index in [-0.39, 0.29) is 22.7 Å². The van der Waals surface area contributed by atoms with E-state index >= 15 is 0 Å². The summed E-state index contributed by atoms with van der Waals surface area (Å²) in [7, 11) is 4.85. The van der Waals surface area contributed by atoms with Crippen LogP contribution in [0.5, 0.6) is 11.5 Å². The molecule has 5 aromatic rings. The van der Waals surface area contributed by atoms with Crippen LogP contribution in [0.2, 0.25) is 0 Å². The third-order valence-electron chi connectivity index (χ3n) is 5.67. The van der Waals surface area contributed by atoms with Gasteiger partial charge in [-0.2, -0.15) is 0 Å². The van der Waals surface area contributed by atoms with E-state index in [1.807, 2.05) is 0 Å². The summed E-state index contributed by atoms with van der Waals surface area (Å²) in [5.74, 6) is -1.57. The zero-order valence-electron chi connectivity index (χ0n) is 17.4. The van der Waals surface area contributed by atoms with Crippen LogP contribution in [-0.2, 0) is 21.1 Å². The molecule has 0 radical (unpaired) electrons. The molecule has 0 unspecified atom stereocenters. The first-order chi connectivity index (χ1) is 15.3. The molecule has 5 rings (SSSR count). The summed E-state index contributed by atoms with van der Waals surface area (Å²) in [5, 5.41) is 0.651. The molecule has 9 heteroatoms. The number of hydrogen-bond donors (Lipinski definition) is 1. The lowest BCUT2D eigenvalue weighted by Crippen LogP contribution is -2.19. The van der Waals surface area contributed by atoms with Crippen LogP contribution in [0.1, 0.15) is 0 Å². The Morgan fingerprint density at radius 2 is 1.72 bits per heavy atom. The van der Waals surface area contributed by atoms with Crippen molar-refractivity contribution in [2.24, 2.45) is 21.1 Å². The lowest BCUT2D eigenvalue weighted by atomic mass is 10.0. The maximum absolute atomic E-state index is 14.5. The fourth-order valence-electron chi connectivity index (χ4n) is 4.05. The van der Waals surface area contributed by atoms with Gasteiger partial charge in [0.15, 0.2) is 17.3 Å². The van der Waals surface area contributed by atoms with Crippen molar-refractivity contribution in [1.29, 1.82) is 0 Å². The van der Waals surface area contributed by atoms with Crippen molar-refractivity contribution in [3.63, 3.8) is 0 Å². The number of nitrogens with zero attached hydrogens (tertiary/aromatic N) is 3. The van der Waals surface area contributed by atoms with Crippen LogP contribution < -0.4 is 16.0 Å². The maximum atomic E-state index is 14.5. The Morgan fingerprint density at radius 3 is 2.47 bits per heavy atom. The average Bonchev–Trinajstić information content (AvgIpc) is 3.34. The monoisotopic (exact) mass is 436 g/mol. The summed E-state index contributed by atoms with van der Waals surface area (Å²) in [6.07, 6.45) is 3.32. The van der Waals surface area contributed by atoms with Crippen LogP contribution in [0.15, 0.2) is 58.4 Å². The molecule has 0 fully saturated rings. The molecule has 0 amide bonds. The van der Waals surface area contributed by atoms with Gasteiger partial charge in [0.1, 0.15) is 16.9 Å². The highest BCUT2D eigenvalue weighted by atomic mass is 19.1. The molecular weight excluding hydrogens is 418 g/mol. The lowest BCUT2D eigenvalue weighted by molar-refractivity contribution is 0.441. The number of aromatic amines is 1. The van der Waals surface area contributed by atoms with E-state index in [9.17, 15) is 18.4 Å². The number of aryl methyl sites for hydroxylation is 3. The second kappa shape index (κ2) is 6.94. The normalized spacial score (nSPS) is 11.5. The smallest absolute Gasteiger partial charge is 0.328 e. The number of hydrogen-bond acceptors (Lipinski definition) is 3. The molecule has 0 saturated carbocycles. The summed E-state index contributed by atoms with van der Waals surface area (Å²) in [4.78, 5) is 28.1. The Labute approximate surface area is 179 Å². The molecule has 0 aliphatic rings. The number of rotatable bonds is 3. The Morgan fingerprint density at radius 1 is 0.938 bits per heavy atom. The molecule has 0 aliphatic carbocycles. The highest BCUT2D eigenvalue weighted by Crippen LogP contribution is 2.41. The Kier molecular flexibility index (Phi) is 4.30. The molecule has 0 atom stereocenters. The number of imidazole rings is 1. The molecule has 3 heterocycles. The SMILES string of the molecule is Cn1cc(-c2ccc3c(c2Oc2ccc(F)cc2F)n(C)c(=O)n3C)c2cc[nH]c2c1=O. The van der Waals surface area contributed by atoms with E-state index in [2.05, 4.69) is 4.98 Å². The van der Waals surface area contributed by atoms with Crippen molar-refractivity contribution < 1.29 is 13.5 Å². The van der Waals surface area contributed by atoms with Gasteiger partial charge in [-0.05, 0) is 30.3 Å². The van der Waals surface area contributed by atoms with Crippen LogP contribution in [0.25, 0.3) is 33.1 Å². The molecule has 1 N–H and O–H groups in total. The van der Waals surface area contributed by atoms with E-state index in [0.717, 1.165) is 12.1 Å². The van der Waals surface area contributed by atoms with Gasteiger partial charge >= 0.3 is 5.69 Å². The fourth-order valence-corrected chi connectivity index (χ4v) is 4.05. The number of benzene rings is 2. The second-order valence-electron chi connectivity index (χ2n) is 7.61. The molecule has 0 spiro atoms. The van der Waals surface area contributed by atoms with Crippen molar-refractivity contribution in [2.45, 2.75) is 0 Å². The van der Waals surface area contributed by atoms with Crippen molar-refractivity contribution >= 4 is 21.9 Å². The van der Waals surface area contributed by atoms with Crippen molar-refractivity contribution in [3.8, 4) is 22.6 Å². The summed E-state index contributed by atoms with van der Waals surface area (Å²) in [5.41, 5.74) is 2.14. The second-order valence-corrected chi connectivity index (χ2v) is 7.61. The standard InChI is InChI=1S/C23H18F2N4O3/c1-27-11-15(13-8-9-26-19(13)22(27)30)14-5-6-17-20(29(3)23(31)28(17)2)21(14)32-18-7-4-12(24)10-16(18)25/h4-11,26H,1-3H3. The molecule has 0 bridgehead atoms. The topological polar surface area (TPSA) is 73.9 Å². The molecule has 162 valence electrons. The molecule has 0 aliphatic heterocycles. The first-order valence-electron chi connectivity index (χ1n) is 9.76. The number of halogens is 2. The Hall–Kier alpha value is -4.14. The van der Waals surface area contributed by atoms with Crippen molar-refractivity contribution in [2.75, 3.05) is 0 Å². The predicted octanol–water partition coefficient (Wildman–Crippen LogP) is 3.79. The van der Waals surface area contributed by atoms with Gasteiger partial charge in [0.25, 0.3) is 5.56 Å². The lowest BCUT2D eigenvalue weighted by Gasteiger charge is -2.16. The molecular formula is C23H18F2N4O3. The first-order valence-corrected chi connectivity index (χ1v) is 9.76. The number of ether oxygens (including phenoxy) is 1. The van der Waals surface area contributed by atoms with Crippen molar-refractivity contribution in [1.82, 2.24) is 18.7 Å². The number of fused-ring (bicyclic) bond motifs is 2. The van der Waals surface area contributed by atoms with Gasteiger partial charge in [0.05, 0.1) is 5.52 Å². The van der Waals surface area contributed by atoms with Crippen molar-refractivity contribution in [3.05, 3.63) is 81.3 Å². The fraction of sp³-hybridized carbons (Fsp3) is 0.130. The van der Waals surface area contributed by atoms with E-state index in [1.54, 1.807) is 51.7 Å². The van der Waals surface area contributed by atoms with Crippen LogP contribution in [0.3, 0.4) is 0 Å². The van der Waals surface area contributed by atoms with Crippen LogP contribution in [0, 0.1) is 11.6 Å². The number of aromatic nitrogens is 4. The highest BCUT2D eigenvalue weighted by molar-refractivity contribution is 6.00. The number of H-pyrrole nitrogens is 1.